The van der Waals surface area contributed by atoms with E-state index in [0.717, 1.165) is 6.26 Å². The van der Waals surface area contributed by atoms with Gasteiger partial charge in [0.25, 0.3) is 0 Å². The van der Waals surface area contributed by atoms with Crippen LogP contribution in [0, 0.1) is 0 Å². The maximum atomic E-state index is 12.6. The summed E-state index contributed by atoms with van der Waals surface area (Å²) in [5.41, 5.74) is 0. The van der Waals surface area contributed by atoms with Gasteiger partial charge in [-0.2, -0.15) is 4.31 Å². The summed E-state index contributed by atoms with van der Waals surface area (Å²) < 4.78 is 52.0. The van der Waals surface area contributed by atoms with Crippen molar-refractivity contribution in [3.05, 3.63) is 28.7 Å². The lowest BCUT2D eigenvalue weighted by Gasteiger charge is -2.31. The average Bonchev–Trinajstić information content (AvgIpc) is 2.37. The molecule has 21 heavy (non-hydrogen) atoms. The molecule has 1 fully saturated rings. The van der Waals surface area contributed by atoms with Crippen molar-refractivity contribution >= 4 is 36.0 Å². The van der Waals surface area contributed by atoms with Crippen molar-refractivity contribution < 1.29 is 16.8 Å². The Morgan fingerprint density at radius 1 is 1.14 bits per heavy atom. The molecule has 0 spiro atoms. The molecule has 6 nitrogen and oxygen atoms in total. The molecule has 0 bridgehead atoms. The highest BCUT2D eigenvalue weighted by Gasteiger charge is 2.31. The van der Waals surface area contributed by atoms with Crippen molar-refractivity contribution in [2.75, 3.05) is 19.3 Å². The molecule has 0 atom stereocenters. The molecule has 1 saturated heterocycles. The number of benzene rings is 1. The van der Waals surface area contributed by atoms with E-state index in [1.54, 1.807) is 24.3 Å². The van der Waals surface area contributed by atoms with E-state index in [9.17, 15) is 16.8 Å². The zero-order chi connectivity index (χ0) is 15.7. The fourth-order valence-corrected chi connectivity index (χ4v) is 5.58. The zero-order valence-corrected chi connectivity index (χ0v) is 14.7. The maximum Gasteiger partial charge on any atom is 0.244 e. The van der Waals surface area contributed by atoms with Crippen LogP contribution in [0.4, 0.5) is 0 Å². The van der Waals surface area contributed by atoms with Gasteiger partial charge < -0.3 is 0 Å². The number of nitrogens with zero attached hydrogens (tertiary/aromatic N) is 1. The van der Waals surface area contributed by atoms with Crippen molar-refractivity contribution in [3.63, 3.8) is 0 Å². The third-order valence-electron chi connectivity index (χ3n) is 3.29. The van der Waals surface area contributed by atoms with E-state index in [-0.39, 0.29) is 10.9 Å². The maximum absolute atomic E-state index is 12.6. The summed E-state index contributed by atoms with van der Waals surface area (Å²) >= 11 is 3.25. The Morgan fingerprint density at radius 2 is 1.71 bits per heavy atom. The predicted molar refractivity (Wildman–Crippen MR) is 83.9 cm³/mol. The van der Waals surface area contributed by atoms with E-state index in [4.69, 9.17) is 0 Å². The molecule has 0 amide bonds. The molecule has 1 aliphatic rings. The van der Waals surface area contributed by atoms with E-state index in [0.29, 0.717) is 30.4 Å². The zero-order valence-electron chi connectivity index (χ0n) is 11.5. The Morgan fingerprint density at radius 3 is 2.24 bits per heavy atom. The van der Waals surface area contributed by atoms with E-state index in [2.05, 4.69) is 20.7 Å². The van der Waals surface area contributed by atoms with Gasteiger partial charge in [-0.1, -0.05) is 12.1 Å². The first-order chi connectivity index (χ1) is 9.70. The van der Waals surface area contributed by atoms with Crippen LogP contribution in [0.5, 0.6) is 0 Å². The van der Waals surface area contributed by atoms with Crippen LogP contribution in [0.2, 0.25) is 0 Å². The number of nitrogens with one attached hydrogen (secondary N) is 1. The SMILES string of the molecule is CS(=O)(=O)NC1CCN(S(=O)(=O)c2ccccc2Br)CC1. The molecule has 0 aliphatic carbocycles. The van der Waals surface area contributed by atoms with Crippen molar-refractivity contribution in [2.24, 2.45) is 0 Å². The molecule has 9 heteroatoms. The van der Waals surface area contributed by atoms with Crippen LogP contribution in [0.25, 0.3) is 0 Å². The summed E-state index contributed by atoms with van der Waals surface area (Å²) in [6.45, 7) is 0.605. The Labute approximate surface area is 133 Å². The monoisotopic (exact) mass is 396 g/mol. The number of rotatable bonds is 4. The smallest absolute Gasteiger partial charge is 0.213 e. The van der Waals surface area contributed by atoms with Gasteiger partial charge in [0.05, 0.1) is 11.2 Å². The quantitative estimate of drug-likeness (QED) is 0.826. The van der Waals surface area contributed by atoms with Gasteiger partial charge in [0.15, 0.2) is 0 Å². The summed E-state index contributed by atoms with van der Waals surface area (Å²) in [6, 6.07) is 6.47. The minimum atomic E-state index is -3.55. The van der Waals surface area contributed by atoms with Crippen LogP contribution in [0.1, 0.15) is 12.8 Å². The second kappa shape index (κ2) is 6.33. The van der Waals surface area contributed by atoms with Gasteiger partial charge in [-0.05, 0) is 40.9 Å². The molecule has 0 radical (unpaired) electrons. The number of hydrogen-bond donors (Lipinski definition) is 1. The largest absolute Gasteiger partial charge is 0.244 e. The topological polar surface area (TPSA) is 83.6 Å². The van der Waals surface area contributed by atoms with Crippen LogP contribution in [-0.4, -0.2) is 46.5 Å². The van der Waals surface area contributed by atoms with Crippen LogP contribution < -0.4 is 4.72 Å². The molecule has 2 rings (SSSR count). The Bertz CT molecular complexity index is 711. The molecule has 0 aromatic heterocycles. The first-order valence-electron chi connectivity index (χ1n) is 6.42. The summed E-state index contributed by atoms with van der Waals surface area (Å²) in [5.74, 6) is 0. The summed E-state index contributed by atoms with van der Waals surface area (Å²) in [5, 5.41) is 0. The van der Waals surface area contributed by atoms with Crippen LogP contribution in [0.3, 0.4) is 0 Å². The van der Waals surface area contributed by atoms with Crippen molar-refractivity contribution in [2.45, 2.75) is 23.8 Å². The van der Waals surface area contributed by atoms with Gasteiger partial charge in [-0.25, -0.2) is 21.6 Å². The van der Waals surface area contributed by atoms with Crippen molar-refractivity contribution in [1.29, 1.82) is 0 Å². The Balaban J connectivity index is 2.10. The van der Waals surface area contributed by atoms with E-state index in [1.165, 1.54) is 4.31 Å². The summed E-state index contributed by atoms with van der Waals surface area (Å²) in [7, 11) is -6.81. The first-order valence-corrected chi connectivity index (χ1v) is 10.5. The average molecular weight is 397 g/mol. The highest BCUT2D eigenvalue weighted by Crippen LogP contribution is 2.26. The highest BCUT2D eigenvalue weighted by molar-refractivity contribution is 9.10. The van der Waals surface area contributed by atoms with Crippen molar-refractivity contribution in [3.8, 4) is 0 Å². The predicted octanol–water partition coefficient (Wildman–Crippen LogP) is 1.15. The molecular formula is C12H17BrN2O4S2. The molecule has 1 N–H and O–H groups in total. The highest BCUT2D eigenvalue weighted by atomic mass is 79.9. The van der Waals surface area contributed by atoms with Gasteiger partial charge in [0.2, 0.25) is 20.0 Å². The fraction of sp³-hybridized carbons (Fsp3) is 0.500. The standard InChI is InChI=1S/C12H17BrN2O4S2/c1-20(16,17)14-10-6-8-15(9-7-10)21(18,19)12-5-3-2-4-11(12)13/h2-5,10,14H,6-9H2,1H3. The molecule has 1 heterocycles. The molecule has 118 valence electrons. The minimum absolute atomic E-state index is 0.203. The molecule has 1 aliphatic heterocycles. The lowest BCUT2D eigenvalue weighted by Crippen LogP contribution is -2.46. The summed E-state index contributed by atoms with van der Waals surface area (Å²) in [6.07, 6.45) is 2.05. The molecular weight excluding hydrogens is 380 g/mol. The Hall–Kier alpha value is -0.480. The van der Waals surface area contributed by atoms with Gasteiger partial charge in [0, 0.05) is 23.6 Å². The third-order valence-corrected chi connectivity index (χ3v) is 6.96. The Kier molecular flexibility index (Phi) is 5.09. The summed E-state index contributed by atoms with van der Waals surface area (Å²) in [4.78, 5) is 0.236. The number of hydrogen-bond acceptors (Lipinski definition) is 4. The third kappa shape index (κ3) is 4.26. The normalized spacial score (nSPS) is 18.8. The molecule has 1 aromatic rings. The molecule has 0 saturated carbocycles. The van der Waals surface area contributed by atoms with E-state index >= 15 is 0 Å². The second-order valence-electron chi connectivity index (χ2n) is 5.00. The second-order valence-corrected chi connectivity index (χ2v) is 9.54. The van der Waals surface area contributed by atoms with E-state index in [1.807, 2.05) is 0 Å². The molecule has 1 aromatic carbocycles. The van der Waals surface area contributed by atoms with Gasteiger partial charge in [-0.3, -0.25) is 0 Å². The van der Waals surface area contributed by atoms with Crippen molar-refractivity contribution in [1.82, 2.24) is 9.03 Å². The first kappa shape index (κ1) is 16.9. The van der Waals surface area contributed by atoms with Gasteiger partial charge in [0.1, 0.15) is 0 Å². The van der Waals surface area contributed by atoms with Crippen LogP contribution in [-0.2, 0) is 20.0 Å². The fourth-order valence-electron chi connectivity index (χ4n) is 2.31. The number of halogens is 1. The van der Waals surface area contributed by atoms with E-state index < -0.39 is 20.0 Å². The number of sulfonamides is 2. The lowest BCUT2D eigenvalue weighted by molar-refractivity contribution is 0.308. The molecule has 0 unspecified atom stereocenters. The van der Waals surface area contributed by atoms with Gasteiger partial charge in [-0.15, -0.1) is 0 Å². The lowest BCUT2D eigenvalue weighted by atomic mass is 10.1. The van der Waals surface area contributed by atoms with Crippen LogP contribution >= 0.6 is 15.9 Å². The van der Waals surface area contributed by atoms with Crippen LogP contribution in [0.15, 0.2) is 33.6 Å². The number of piperidine rings is 1. The minimum Gasteiger partial charge on any atom is -0.213 e. The van der Waals surface area contributed by atoms with Gasteiger partial charge >= 0.3 is 0 Å².